The van der Waals surface area contributed by atoms with Crippen LogP contribution in [0.25, 0.3) is 16.8 Å². The van der Waals surface area contributed by atoms with Crippen molar-refractivity contribution in [3.8, 4) is 11.3 Å². The lowest BCUT2D eigenvalue weighted by Gasteiger charge is -2.40. The molecule has 2 aliphatic rings. The van der Waals surface area contributed by atoms with Crippen LogP contribution in [0.5, 0.6) is 0 Å². The molecule has 1 aliphatic heterocycles. The fourth-order valence-electron chi connectivity index (χ4n) is 4.41. The van der Waals surface area contributed by atoms with E-state index in [4.69, 9.17) is 15.5 Å². The maximum absolute atomic E-state index is 10.2. The number of nitrogen functional groups attached to an aromatic ring is 1. The van der Waals surface area contributed by atoms with Gasteiger partial charge in [0.25, 0.3) is 0 Å². The number of hydrogen-bond donors (Lipinski definition) is 2. The maximum atomic E-state index is 10.2. The molecule has 1 saturated carbocycles. The van der Waals surface area contributed by atoms with E-state index in [0.29, 0.717) is 18.7 Å². The Kier molecular flexibility index (Phi) is 4.76. The number of ether oxygens (including phenoxy) is 1. The second-order valence-electron chi connectivity index (χ2n) is 8.39. The van der Waals surface area contributed by atoms with E-state index in [9.17, 15) is 5.11 Å². The standard InChI is InChI=1S/C22H26N4O2S/c1-22(27)12-15(13-22)21-25-18(19-20(23)24-9-10-26(19)21)14-5-7-16(8-6-14)29-17-4-2-3-11-28-17/h5-10,15,17,27H,2-4,11-13H2,1H3,(H2,23,24). The molecule has 0 radical (unpaired) electrons. The minimum Gasteiger partial charge on any atom is -0.390 e. The first-order chi connectivity index (χ1) is 14.0. The van der Waals surface area contributed by atoms with Gasteiger partial charge in [0.2, 0.25) is 0 Å². The molecule has 0 bridgehead atoms. The summed E-state index contributed by atoms with van der Waals surface area (Å²) in [6, 6.07) is 8.45. The van der Waals surface area contributed by atoms with Crippen LogP contribution >= 0.6 is 11.8 Å². The van der Waals surface area contributed by atoms with Gasteiger partial charge in [-0.25, -0.2) is 9.97 Å². The lowest BCUT2D eigenvalue weighted by atomic mass is 9.72. The molecule has 152 valence electrons. The Balaban J connectivity index is 1.46. The molecule has 29 heavy (non-hydrogen) atoms. The third-order valence-electron chi connectivity index (χ3n) is 5.88. The zero-order valence-electron chi connectivity index (χ0n) is 16.5. The molecule has 3 aromatic rings. The second kappa shape index (κ2) is 7.31. The number of rotatable bonds is 4. The quantitative estimate of drug-likeness (QED) is 0.670. The SMILES string of the molecule is CC1(O)CC(c2nc(-c3ccc(SC4CCCCO4)cc3)c3c(N)nccn23)C1. The van der Waals surface area contributed by atoms with Gasteiger partial charge in [-0.2, -0.15) is 0 Å². The predicted molar refractivity (Wildman–Crippen MR) is 115 cm³/mol. The number of anilines is 1. The Morgan fingerprint density at radius 1 is 1.24 bits per heavy atom. The van der Waals surface area contributed by atoms with E-state index in [2.05, 4.69) is 29.2 Å². The second-order valence-corrected chi connectivity index (χ2v) is 9.62. The number of benzene rings is 1. The van der Waals surface area contributed by atoms with Crippen LogP contribution in [0.2, 0.25) is 0 Å². The summed E-state index contributed by atoms with van der Waals surface area (Å²) in [6.45, 7) is 2.74. The molecular formula is C22H26N4O2S. The predicted octanol–water partition coefficient (Wildman–Crippen LogP) is 4.23. The van der Waals surface area contributed by atoms with Crippen molar-refractivity contribution in [3.63, 3.8) is 0 Å². The van der Waals surface area contributed by atoms with Crippen LogP contribution in [0.3, 0.4) is 0 Å². The average Bonchev–Trinajstić information content (AvgIpc) is 3.08. The highest BCUT2D eigenvalue weighted by atomic mass is 32.2. The number of aromatic nitrogens is 3. The number of aliphatic hydroxyl groups is 1. The summed E-state index contributed by atoms with van der Waals surface area (Å²) in [6.07, 6.45) is 8.55. The molecule has 2 fully saturated rings. The highest BCUT2D eigenvalue weighted by Gasteiger charge is 2.41. The number of thioether (sulfide) groups is 1. The fraction of sp³-hybridized carbons (Fsp3) is 0.455. The first-order valence-electron chi connectivity index (χ1n) is 10.2. The molecule has 6 nitrogen and oxygen atoms in total. The van der Waals surface area contributed by atoms with Crippen LogP contribution in [-0.4, -0.2) is 37.1 Å². The average molecular weight is 411 g/mol. The molecule has 5 rings (SSSR count). The van der Waals surface area contributed by atoms with Crippen molar-refractivity contribution in [2.45, 2.75) is 60.9 Å². The van der Waals surface area contributed by atoms with Crippen molar-refractivity contribution in [1.29, 1.82) is 0 Å². The first kappa shape index (κ1) is 18.9. The summed E-state index contributed by atoms with van der Waals surface area (Å²) in [7, 11) is 0. The van der Waals surface area contributed by atoms with E-state index in [1.165, 1.54) is 11.3 Å². The fourth-order valence-corrected chi connectivity index (χ4v) is 5.45. The van der Waals surface area contributed by atoms with Gasteiger partial charge in [-0.1, -0.05) is 23.9 Å². The van der Waals surface area contributed by atoms with E-state index >= 15 is 0 Å². The van der Waals surface area contributed by atoms with Gasteiger partial charge in [0.05, 0.1) is 5.60 Å². The summed E-state index contributed by atoms with van der Waals surface area (Å²) in [5.74, 6) is 1.65. The van der Waals surface area contributed by atoms with Crippen LogP contribution in [0.15, 0.2) is 41.6 Å². The Morgan fingerprint density at radius 2 is 2.03 bits per heavy atom. The van der Waals surface area contributed by atoms with Gasteiger partial charge in [-0.05, 0) is 51.2 Å². The van der Waals surface area contributed by atoms with Gasteiger partial charge in [0.1, 0.15) is 28.3 Å². The molecule has 1 atom stereocenters. The van der Waals surface area contributed by atoms with Crippen molar-refractivity contribution < 1.29 is 9.84 Å². The summed E-state index contributed by atoms with van der Waals surface area (Å²) < 4.78 is 7.88. The van der Waals surface area contributed by atoms with Crippen molar-refractivity contribution in [2.24, 2.45) is 0 Å². The molecule has 1 saturated heterocycles. The summed E-state index contributed by atoms with van der Waals surface area (Å²) in [5, 5.41) is 10.2. The van der Waals surface area contributed by atoms with Gasteiger partial charge >= 0.3 is 0 Å². The molecule has 1 unspecified atom stereocenters. The van der Waals surface area contributed by atoms with E-state index in [1.54, 1.807) is 18.0 Å². The van der Waals surface area contributed by atoms with E-state index in [-0.39, 0.29) is 11.4 Å². The van der Waals surface area contributed by atoms with Gasteiger partial charge in [-0.3, -0.25) is 4.40 Å². The minimum absolute atomic E-state index is 0.228. The van der Waals surface area contributed by atoms with Crippen molar-refractivity contribution >= 4 is 23.1 Å². The topological polar surface area (TPSA) is 85.7 Å². The summed E-state index contributed by atoms with van der Waals surface area (Å²) in [5.41, 5.74) is 8.59. The van der Waals surface area contributed by atoms with Crippen molar-refractivity contribution in [1.82, 2.24) is 14.4 Å². The van der Waals surface area contributed by atoms with E-state index in [0.717, 1.165) is 42.0 Å². The molecule has 7 heteroatoms. The number of nitrogens with two attached hydrogens (primary N) is 1. The molecule has 2 aromatic heterocycles. The number of fused-ring (bicyclic) bond motifs is 1. The Labute approximate surface area is 174 Å². The van der Waals surface area contributed by atoms with Crippen LogP contribution in [0, 0.1) is 0 Å². The van der Waals surface area contributed by atoms with Crippen molar-refractivity contribution in [2.75, 3.05) is 12.3 Å². The first-order valence-corrected chi connectivity index (χ1v) is 11.1. The van der Waals surface area contributed by atoms with Crippen LogP contribution in [0.4, 0.5) is 5.82 Å². The summed E-state index contributed by atoms with van der Waals surface area (Å²) in [4.78, 5) is 10.4. The van der Waals surface area contributed by atoms with Gasteiger partial charge in [0.15, 0.2) is 0 Å². The zero-order valence-corrected chi connectivity index (χ0v) is 17.4. The lowest BCUT2D eigenvalue weighted by molar-refractivity contribution is -0.0335. The Morgan fingerprint density at radius 3 is 2.72 bits per heavy atom. The van der Waals surface area contributed by atoms with Crippen molar-refractivity contribution in [3.05, 3.63) is 42.5 Å². The molecule has 3 N–H and O–H groups in total. The number of hydrogen-bond acceptors (Lipinski definition) is 6. The molecular weight excluding hydrogens is 384 g/mol. The maximum Gasteiger partial charge on any atom is 0.150 e. The molecule has 1 aromatic carbocycles. The van der Waals surface area contributed by atoms with Crippen LogP contribution in [0.1, 0.15) is 50.8 Å². The molecule has 0 spiro atoms. The summed E-state index contributed by atoms with van der Waals surface area (Å²) >= 11 is 1.79. The third kappa shape index (κ3) is 3.63. The zero-order chi connectivity index (χ0) is 20.0. The van der Waals surface area contributed by atoms with Gasteiger partial charge in [-0.15, -0.1) is 0 Å². The van der Waals surface area contributed by atoms with Crippen LogP contribution in [-0.2, 0) is 4.74 Å². The highest BCUT2D eigenvalue weighted by Crippen LogP contribution is 2.45. The minimum atomic E-state index is -0.602. The lowest BCUT2D eigenvalue weighted by Crippen LogP contribution is -2.40. The normalized spacial score (nSPS) is 27.1. The van der Waals surface area contributed by atoms with E-state index in [1.807, 2.05) is 17.5 Å². The van der Waals surface area contributed by atoms with Gasteiger partial charge in [0, 0.05) is 35.4 Å². The Bertz CT molecular complexity index is 1020. The van der Waals surface area contributed by atoms with Crippen LogP contribution < -0.4 is 5.73 Å². The Hall–Kier alpha value is -2.09. The highest BCUT2D eigenvalue weighted by molar-refractivity contribution is 7.99. The third-order valence-corrected chi connectivity index (χ3v) is 7.06. The van der Waals surface area contributed by atoms with Gasteiger partial charge < -0.3 is 15.6 Å². The monoisotopic (exact) mass is 410 g/mol. The number of nitrogens with zero attached hydrogens (tertiary/aromatic N) is 3. The molecule has 3 heterocycles. The number of imidazole rings is 1. The van der Waals surface area contributed by atoms with E-state index < -0.39 is 5.60 Å². The molecule has 1 aliphatic carbocycles. The molecule has 0 amide bonds. The smallest absolute Gasteiger partial charge is 0.150 e. The largest absolute Gasteiger partial charge is 0.390 e.